The molecule has 0 bridgehead atoms. The molecule has 3 aromatic rings. The molecule has 0 aliphatic heterocycles. The molecule has 0 fully saturated rings. The predicted molar refractivity (Wildman–Crippen MR) is 92.8 cm³/mol. The number of carbonyl (C=O) groups excluding carboxylic acids is 1. The van der Waals surface area contributed by atoms with Gasteiger partial charge in [0, 0.05) is 6.54 Å². The number of hydrogen-bond donors (Lipinski definition) is 2. The molecule has 0 unspecified atom stereocenters. The first-order chi connectivity index (χ1) is 11.6. The number of rotatable bonds is 5. The van der Waals surface area contributed by atoms with Crippen molar-refractivity contribution < 1.29 is 14.3 Å². The van der Waals surface area contributed by atoms with Crippen LogP contribution >= 0.6 is 11.3 Å². The Morgan fingerprint density at radius 1 is 1.21 bits per heavy atom. The van der Waals surface area contributed by atoms with Gasteiger partial charge in [0.05, 0.1) is 12.3 Å². The molecule has 0 saturated heterocycles. The number of nitrogens with one attached hydrogen (secondary N) is 1. The maximum absolute atomic E-state index is 12.5. The molecule has 0 atom stereocenters. The summed E-state index contributed by atoms with van der Waals surface area (Å²) in [5.74, 6) is 1.31. The number of aliphatic hydroxyl groups is 1. The Hall–Kier alpha value is -2.44. The zero-order valence-electron chi connectivity index (χ0n) is 13.5. The van der Waals surface area contributed by atoms with E-state index in [-0.39, 0.29) is 12.5 Å². The molecule has 0 radical (unpaired) electrons. The molecule has 1 amide bonds. The summed E-state index contributed by atoms with van der Waals surface area (Å²) in [6, 6.07) is 11.2. The second kappa shape index (κ2) is 6.98. The lowest BCUT2D eigenvalue weighted by Gasteiger charge is -2.08. The molecule has 0 saturated carbocycles. The first kappa shape index (κ1) is 16.4. The SMILES string of the molecule is Cc1ccc(-c2nc(C)c(C(=O)NCc3ccccc3CO)s2)o1. The lowest BCUT2D eigenvalue weighted by molar-refractivity contribution is 0.0954. The molecule has 24 heavy (non-hydrogen) atoms. The Bertz CT molecular complexity index is 867. The maximum Gasteiger partial charge on any atom is 0.263 e. The van der Waals surface area contributed by atoms with Crippen LogP contribution in [0.25, 0.3) is 10.8 Å². The summed E-state index contributed by atoms with van der Waals surface area (Å²) in [5.41, 5.74) is 2.39. The highest BCUT2D eigenvalue weighted by atomic mass is 32.1. The highest BCUT2D eigenvalue weighted by molar-refractivity contribution is 7.17. The van der Waals surface area contributed by atoms with Gasteiger partial charge in [-0.25, -0.2) is 4.98 Å². The average molecular weight is 342 g/mol. The van der Waals surface area contributed by atoms with Gasteiger partial charge < -0.3 is 14.8 Å². The second-order valence-electron chi connectivity index (χ2n) is 5.45. The van der Waals surface area contributed by atoms with Crippen LogP contribution in [0, 0.1) is 13.8 Å². The van der Waals surface area contributed by atoms with E-state index in [0.717, 1.165) is 16.9 Å². The molecule has 1 aromatic carbocycles. The molecule has 0 aliphatic carbocycles. The van der Waals surface area contributed by atoms with Crippen molar-refractivity contribution in [3.05, 3.63) is 63.9 Å². The van der Waals surface area contributed by atoms with Gasteiger partial charge in [0.2, 0.25) is 0 Å². The average Bonchev–Trinajstić information content (AvgIpc) is 3.18. The third-order valence-electron chi connectivity index (χ3n) is 3.68. The molecule has 2 aromatic heterocycles. The van der Waals surface area contributed by atoms with E-state index in [2.05, 4.69) is 10.3 Å². The summed E-state index contributed by atoms with van der Waals surface area (Å²) in [7, 11) is 0. The molecule has 124 valence electrons. The van der Waals surface area contributed by atoms with Gasteiger partial charge in [0.15, 0.2) is 10.8 Å². The van der Waals surface area contributed by atoms with Gasteiger partial charge in [-0.2, -0.15) is 0 Å². The molecule has 2 N–H and O–H groups in total. The predicted octanol–water partition coefficient (Wildman–Crippen LogP) is 3.44. The summed E-state index contributed by atoms with van der Waals surface area (Å²) in [5, 5.41) is 12.9. The Morgan fingerprint density at radius 2 is 1.96 bits per heavy atom. The number of amides is 1. The lowest BCUT2D eigenvalue weighted by atomic mass is 10.1. The van der Waals surface area contributed by atoms with Gasteiger partial charge in [-0.3, -0.25) is 4.79 Å². The molecule has 2 heterocycles. The minimum atomic E-state index is -0.174. The van der Waals surface area contributed by atoms with E-state index < -0.39 is 0 Å². The first-order valence-electron chi connectivity index (χ1n) is 7.58. The molecule has 5 nitrogen and oxygen atoms in total. The fraction of sp³-hybridized carbons (Fsp3) is 0.222. The van der Waals surface area contributed by atoms with E-state index >= 15 is 0 Å². The molecule has 6 heteroatoms. The fourth-order valence-corrected chi connectivity index (χ4v) is 3.35. The van der Waals surface area contributed by atoms with Crippen molar-refractivity contribution >= 4 is 17.2 Å². The number of aliphatic hydroxyl groups excluding tert-OH is 1. The number of benzene rings is 1. The van der Waals surface area contributed by atoms with Crippen LogP contribution < -0.4 is 5.32 Å². The lowest BCUT2D eigenvalue weighted by Crippen LogP contribution is -2.23. The quantitative estimate of drug-likeness (QED) is 0.745. The monoisotopic (exact) mass is 342 g/mol. The van der Waals surface area contributed by atoms with Gasteiger partial charge >= 0.3 is 0 Å². The molecular formula is C18H18N2O3S. The Balaban J connectivity index is 1.75. The summed E-state index contributed by atoms with van der Waals surface area (Å²) in [4.78, 5) is 17.5. The maximum atomic E-state index is 12.5. The van der Waals surface area contributed by atoms with Crippen LogP contribution in [-0.2, 0) is 13.2 Å². The highest BCUT2D eigenvalue weighted by Gasteiger charge is 2.17. The third kappa shape index (κ3) is 3.39. The Labute approximate surface area is 144 Å². The van der Waals surface area contributed by atoms with Crippen LogP contribution in [0.15, 0.2) is 40.8 Å². The van der Waals surface area contributed by atoms with E-state index in [0.29, 0.717) is 27.9 Å². The number of hydrogen-bond acceptors (Lipinski definition) is 5. The molecule has 3 rings (SSSR count). The third-order valence-corrected chi connectivity index (χ3v) is 4.85. The molecule has 0 spiro atoms. The number of aryl methyl sites for hydroxylation is 2. The van der Waals surface area contributed by atoms with Gasteiger partial charge in [0.1, 0.15) is 10.6 Å². The zero-order valence-corrected chi connectivity index (χ0v) is 14.3. The van der Waals surface area contributed by atoms with Crippen molar-refractivity contribution in [1.82, 2.24) is 10.3 Å². The van der Waals surface area contributed by atoms with Crippen molar-refractivity contribution in [3.63, 3.8) is 0 Å². The van der Waals surface area contributed by atoms with Crippen LogP contribution in [-0.4, -0.2) is 16.0 Å². The van der Waals surface area contributed by atoms with Gasteiger partial charge in [-0.05, 0) is 37.1 Å². The minimum Gasteiger partial charge on any atom is -0.459 e. The van der Waals surface area contributed by atoms with E-state index in [9.17, 15) is 9.90 Å². The van der Waals surface area contributed by atoms with E-state index in [1.54, 1.807) is 0 Å². The standard InChI is InChI=1S/C18H18N2O3S/c1-11-7-8-15(23-11)18-20-12(2)16(24-18)17(22)19-9-13-5-3-4-6-14(13)10-21/h3-8,21H,9-10H2,1-2H3,(H,19,22). The summed E-state index contributed by atoms with van der Waals surface area (Å²) in [6.45, 7) is 4.00. The van der Waals surface area contributed by atoms with E-state index in [1.165, 1.54) is 11.3 Å². The normalized spacial score (nSPS) is 10.8. The van der Waals surface area contributed by atoms with Crippen molar-refractivity contribution in [1.29, 1.82) is 0 Å². The summed E-state index contributed by atoms with van der Waals surface area (Å²) in [6.07, 6.45) is 0. The van der Waals surface area contributed by atoms with E-state index in [4.69, 9.17) is 4.42 Å². The molecular weight excluding hydrogens is 324 g/mol. The van der Waals surface area contributed by atoms with Crippen LogP contribution in [0.3, 0.4) is 0 Å². The minimum absolute atomic E-state index is 0.0480. The Morgan fingerprint density at radius 3 is 2.62 bits per heavy atom. The first-order valence-corrected chi connectivity index (χ1v) is 8.40. The summed E-state index contributed by atoms with van der Waals surface area (Å²) >= 11 is 1.31. The van der Waals surface area contributed by atoms with Crippen LogP contribution in [0.5, 0.6) is 0 Å². The smallest absolute Gasteiger partial charge is 0.263 e. The number of thiazole rings is 1. The van der Waals surface area contributed by atoms with Gasteiger partial charge in [-0.15, -0.1) is 11.3 Å². The van der Waals surface area contributed by atoms with Crippen molar-refractivity contribution in [3.8, 4) is 10.8 Å². The van der Waals surface area contributed by atoms with E-state index in [1.807, 2.05) is 50.2 Å². The summed E-state index contributed by atoms with van der Waals surface area (Å²) < 4.78 is 5.57. The fourth-order valence-electron chi connectivity index (χ4n) is 2.40. The number of nitrogens with zero attached hydrogens (tertiary/aromatic N) is 1. The van der Waals surface area contributed by atoms with Crippen molar-refractivity contribution in [2.24, 2.45) is 0 Å². The zero-order chi connectivity index (χ0) is 17.1. The number of furan rings is 1. The van der Waals surface area contributed by atoms with Gasteiger partial charge in [0.25, 0.3) is 5.91 Å². The topological polar surface area (TPSA) is 75.4 Å². The Kier molecular flexibility index (Phi) is 4.78. The van der Waals surface area contributed by atoms with Gasteiger partial charge in [-0.1, -0.05) is 24.3 Å². The largest absolute Gasteiger partial charge is 0.459 e. The van der Waals surface area contributed by atoms with Crippen LogP contribution in [0.2, 0.25) is 0 Å². The van der Waals surface area contributed by atoms with Crippen molar-refractivity contribution in [2.45, 2.75) is 27.0 Å². The van der Waals surface area contributed by atoms with Crippen LogP contribution in [0.4, 0.5) is 0 Å². The van der Waals surface area contributed by atoms with Crippen molar-refractivity contribution in [2.75, 3.05) is 0 Å². The highest BCUT2D eigenvalue weighted by Crippen LogP contribution is 2.29. The molecule has 0 aliphatic rings. The number of carbonyl (C=O) groups is 1. The second-order valence-corrected chi connectivity index (χ2v) is 6.45. The van der Waals surface area contributed by atoms with Crippen LogP contribution in [0.1, 0.15) is 32.3 Å². The number of aromatic nitrogens is 1.